The summed E-state index contributed by atoms with van der Waals surface area (Å²) in [4.78, 5) is 12.3. The number of nitrogen functional groups attached to an aromatic ring is 1. The molecule has 1 amide bonds. The summed E-state index contributed by atoms with van der Waals surface area (Å²) in [6, 6.07) is 14.7. The van der Waals surface area contributed by atoms with Crippen LogP contribution in [-0.2, 0) is 30.5 Å². The minimum atomic E-state index is -0.481. The van der Waals surface area contributed by atoms with Crippen LogP contribution in [0.25, 0.3) is 0 Å². The number of carbonyl (C=O) groups is 1. The Balaban J connectivity index is 0.00000220. The van der Waals surface area contributed by atoms with E-state index >= 15 is 0 Å². The maximum absolute atomic E-state index is 11.6. The van der Waals surface area contributed by atoms with Crippen LogP contribution >= 0.6 is 0 Å². The van der Waals surface area contributed by atoms with Gasteiger partial charge in [0.1, 0.15) is 6.61 Å². The zero-order chi connectivity index (χ0) is 14.4. The number of ether oxygens (including phenoxy) is 1. The molecule has 3 N–H and O–H groups in total. The molecular weight excluding hydrogens is 358 g/mol. The fourth-order valence-electron chi connectivity index (χ4n) is 1.68. The van der Waals surface area contributed by atoms with Gasteiger partial charge in [-0.3, -0.25) is 0 Å². The molecule has 0 saturated carbocycles. The number of alkyl carbamates (subject to hydrolysis) is 1. The van der Waals surface area contributed by atoms with E-state index in [1.807, 2.05) is 30.3 Å². The molecule has 0 bridgehead atoms. The molecule has 0 fully saturated rings. The molecule has 0 heterocycles. The third-order valence-electron chi connectivity index (χ3n) is 2.72. The van der Waals surface area contributed by atoms with Gasteiger partial charge in [-0.05, 0) is 23.3 Å². The first kappa shape index (κ1) is 18.6. The first-order chi connectivity index (χ1) is 9.65. The van der Waals surface area contributed by atoms with Crippen LogP contribution in [-0.4, -0.2) is 6.09 Å². The molecule has 104 valence electrons. The van der Waals surface area contributed by atoms with Crippen LogP contribution in [0.4, 0.5) is 10.5 Å². The summed E-state index contributed by atoms with van der Waals surface area (Å²) in [7, 11) is 0. The quantitative estimate of drug-likeness (QED) is 0.566. The second-order valence-electron chi connectivity index (χ2n) is 4.28. The summed E-state index contributed by atoms with van der Waals surface area (Å²) < 4.78 is 5.10. The standard InChI is InChI=1S/C15H16N2O2S.Rb/c16-13-6-7-14(20)12(8-13)9-17-15(18)19-10-11-4-2-1-3-5-11;/h1-8,20H,9-10,16H2,(H,17,18);/q;+1/p-1. The molecule has 2 aromatic carbocycles. The minimum absolute atomic E-state index is 0. The topological polar surface area (TPSA) is 64.3 Å². The minimum Gasteiger partial charge on any atom is -0.779 e. The van der Waals surface area contributed by atoms with E-state index in [2.05, 4.69) is 5.32 Å². The van der Waals surface area contributed by atoms with E-state index in [0.29, 0.717) is 17.1 Å². The van der Waals surface area contributed by atoms with Gasteiger partial charge in [-0.25, -0.2) is 4.79 Å². The van der Waals surface area contributed by atoms with E-state index in [1.165, 1.54) is 0 Å². The number of rotatable bonds is 4. The molecule has 0 aliphatic carbocycles. The summed E-state index contributed by atoms with van der Waals surface area (Å²) in [6.07, 6.45) is -0.481. The SMILES string of the molecule is Nc1ccc([S-])c(CNC(=O)OCc2ccccc2)c1.[Rb+]. The predicted octanol–water partition coefficient (Wildman–Crippen LogP) is -0.395. The van der Waals surface area contributed by atoms with Crippen molar-refractivity contribution in [2.24, 2.45) is 0 Å². The molecule has 0 atom stereocenters. The maximum atomic E-state index is 11.6. The van der Waals surface area contributed by atoms with Crippen LogP contribution in [0.3, 0.4) is 0 Å². The fourth-order valence-corrected chi connectivity index (χ4v) is 1.88. The summed E-state index contributed by atoms with van der Waals surface area (Å²) in [5.74, 6) is 0. The van der Waals surface area contributed by atoms with Gasteiger partial charge in [0.05, 0.1) is 0 Å². The van der Waals surface area contributed by atoms with Gasteiger partial charge in [0.25, 0.3) is 0 Å². The Morgan fingerprint density at radius 2 is 1.90 bits per heavy atom. The Bertz CT molecular complexity index is 593. The normalized spacial score (nSPS) is 9.52. The number of benzene rings is 2. The van der Waals surface area contributed by atoms with E-state index in [-0.39, 0.29) is 64.8 Å². The number of nitrogens with one attached hydrogen (secondary N) is 1. The molecule has 0 aliphatic rings. The number of carbonyl (C=O) groups excluding carboxylic acids is 1. The average Bonchev–Trinajstić information content (AvgIpc) is 2.47. The monoisotopic (exact) mass is 372 g/mol. The molecule has 4 nitrogen and oxygen atoms in total. The number of hydrogen-bond donors (Lipinski definition) is 2. The number of hydrogen-bond acceptors (Lipinski definition) is 4. The summed E-state index contributed by atoms with van der Waals surface area (Å²) in [5, 5.41) is 2.65. The third-order valence-corrected chi connectivity index (χ3v) is 3.12. The molecule has 0 unspecified atom stereocenters. The van der Waals surface area contributed by atoms with Crippen molar-refractivity contribution in [2.45, 2.75) is 18.0 Å². The summed E-state index contributed by atoms with van der Waals surface area (Å²) >= 11 is 5.16. The zero-order valence-electron chi connectivity index (χ0n) is 11.8. The van der Waals surface area contributed by atoms with Crippen LogP contribution in [0.5, 0.6) is 0 Å². The van der Waals surface area contributed by atoms with Crippen LogP contribution in [0.15, 0.2) is 53.4 Å². The number of amides is 1. The molecule has 2 aromatic rings. The number of nitrogens with two attached hydrogens (primary N) is 1. The van der Waals surface area contributed by atoms with Crippen molar-refractivity contribution in [3.63, 3.8) is 0 Å². The van der Waals surface area contributed by atoms with Crippen molar-refractivity contribution in [1.82, 2.24) is 5.32 Å². The van der Waals surface area contributed by atoms with E-state index in [0.717, 1.165) is 11.1 Å². The molecule has 2 rings (SSSR count). The van der Waals surface area contributed by atoms with Crippen LogP contribution in [0, 0.1) is 0 Å². The van der Waals surface area contributed by atoms with Crippen molar-refractivity contribution < 1.29 is 67.7 Å². The molecule has 21 heavy (non-hydrogen) atoms. The van der Waals surface area contributed by atoms with Gasteiger partial charge in [-0.1, -0.05) is 36.4 Å². The maximum Gasteiger partial charge on any atom is 1.00 e. The van der Waals surface area contributed by atoms with Gasteiger partial charge in [0, 0.05) is 12.2 Å². The molecule has 0 aromatic heterocycles. The van der Waals surface area contributed by atoms with Crippen LogP contribution in [0.2, 0.25) is 0 Å². The first-order valence-corrected chi connectivity index (χ1v) is 6.56. The predicted molar refractivity (Wildman–Crippen MR) is 80.0 cm³/mol. The molecule has 0 spiro atoms. The Hall–Kier alpha value is -0.465. The van der Waals surface area contributed by atoms with E-state index in [1.54, 1.807) is 18.2 Å². The van der Waals surface area contributed by atoms with Crippen LogP contribution in [0.1, 0.15) is 11.1 Å². The van der Waals surface area contributed by atoms with Crippen molar-refractivity contribution in [3.8, 4) is 0 Å². The van der Waals surface area contributed by atoms with Crippen molar-refractivity contribution in [1.29, 1.82) is 0 Å². The summed E-state index contributed by atoms with van der Waals surface area (Å²) in [5.41, 5.74) is 8.04. The van der Waals surface area contributed by atoms with Gasteiger partial charge in [0.2, 0.25) is 0 Å². The van der Waals surface area contributed by atoms with Gasteiger partial charge in [-0.15, -0.1) is 0 Å². The Morgan fingerprint density at radius 3 is 2.62 bits per heavy atom. The van der Waals surface area contributed by atoms with Crippen molar-refractivity contribution in [3.05, 3.63) is 59.7 Å². The molecule has 0 saturated heterocycles. The Labute approximate surface area is 178 Å². The number of anilines is 1. The smallest absolute Gasteiger partial charge is 0.779 e. The average molecular weight is 373 g/mol. The van der Waals surface area contributed by atoms with E-state index in [9.17, 15) is 4.79 Å². The van der Waals surface area contributed by atoms with E-state index in [4.69, 9.17) is 23.1 Å². The zero-order valence-corrected chi connectivity index (χ0v) is 17.6. The first-order valence-electron chi connectivity index (χ1n) is 6.15. The Morgan fingerprint density at radius 1 is 1.19 bits per heavy atom. The summed E-state index contributed by atoms with van der Waals surface area (Å²) in [6.45, 7) is 0.543. The third kappa shape index (κ3) is 6.44. The van der Waals surface area contributed by atoms with Crippen molar-refractivity contribution >= 4 is 24.4 Å². The van der Waals surface area contributed by atoms with Gasteiger partial charge in [-0.2, -0.15) is 4.90 Å². The van der Waals surface area contributed by atoms with Gasteiger partial charge >= 0.3 is 64.3 Å². The second-order valence-corrected chi connectivity index (χ2v) is 4.72. The van der Waals surface area contributed by atoms with E-state index < -0.39 is 6.09 Å². The van der Waals surface area contributed by atoms with Gasteiger partial charge < -0.3 is 28.4 Å². The van der Waals surface area contributed by atoms with Crippen LogP contribution < -0.4 is 69.2 Å². The molecular formula is C15H15N2O2RbS. The molecule has 0 radical (unpaired) electrons. The second kappa shape index (κ2) is 9.53. The largest absolute Gasteiger partial charge is 1.00 e. The van der Waals surface area contributed by atoms with Crippen molar-refractivity contribution in [2.75, 3.05) is 5.73 Å². The Kier molecular flexibility index (Phi) is 8.43. The van der Waals surface area contributed by atoms with Gasteiger partial charge in [0.15, 0.2) is 0 Å². The fraction of sp³-hybridized carbons (Fsp3) is 0.133. The molecule has 0 aliphatic heterocycles. The molecule has 6 heteroatoms.